The molecule has 2 aliphatic rings. The second kappa shape index (κ2) is 9.21. The first-order valence-corrected chi connectivity index (χ1v) is 12.0. The van der Waals surface area contributed by atoms with Crippen molar-refractivity contribution in [1.82, 2.24) is 9.80 Å². The lowest BCUT2D eigenvalue weighted by Gasteiger charge is -2.44. The Morgan fingerprint density at radius 1 is 1.13 bits per heavy atom. The minimum Gasteiger partial charge on any atom is -0.497 e. The number of rotatable bonds is 5. The molecule has 2 aliphatic heterocycles. The Hall–Kier alpha value is -1.69. The summed E-state index contributed by atoms with van der Waals surface area (Å²) < 4.78 is 5.21. The Morgan fingerprint density at radius 3 is 2.33 bits per heavy atom. The minimum atomic E-state index is -0.176. The summed E-state index contributed by atoms with van der Waals surface area (Å²) in [7, 11) is 1.63. The molecule has 0 aromatic heterocycles. The monoisotopic (exact) mass is 432 g/mol. The fourth-order valence-corrected chi connectivity index (χ4v) is 6.30. The lowest BCUT2D eigenvalue weighted by Crippen LogP contribution is -2.53. The number of ether oxygens (including phenoxy) is 1. The molecule has 2 amide bonds. The number of hydrogen-bond donors (Lipinski definition) is 0. The van der Waals surface area contributed by atoms with E-state index in [0.717, 1.165) is 50.4 Å². The summed E-state index contributed by atoms with van der Waals surface area (Å²) in [6.07, 6.45) is 3.36. The fraction of sp³-hybridized carbons (Fsp3) is 0.667. The molecule has 3 rings (SSSR count). The molecular weight excluding hydrogens is 396 g/mol. The predicted molar refractivity (Wildman–Crippen MR) is 123 cm³/mol. The van der Waals surface area contributed by atoms with Crippen LogP contribution in [0.5, 0.6) is 5.75 Å². The van der Waals surface area contributed by atoms with Crippen LogP contribution >= 0.6 is 11.8 Å². The maximum atomic E-state index is 13.2. The van der Waals surface area contributed by atoms with Gasteiger partial charge in [-0.25, -0.2) is 0 Å². The van der Waals surface area contributed by atoms with E-state index in [1.54, 1.807) is 7.11 Å². The molecule has 1 aromatic carbocycles. The van der Waals surface area contributed by atoms with Gasteiger partial charge in [-0.15, -0.1) is 11.8 Å². The molecule has 0 saturated carbocycles. The van der Waals surface area contributed by atoms with Crippen LogP contribution in [0.25, 0.3) is 0 Å². The molecule has 2 heterocycles. The molecule has 0 aliphatic carbocycles. The molecule has 166 valence electrons. The van der Waals surface area contributed by atoms with Gasteiger partial charge in [0, 0.05) is 37.4 Å². The predicted octanol–water partition coefficient (Wildman–Crippen LogP) is 4.67. The smallest absolute Gasteiger partial charge is 0.255 e. The van der Waals surface area contributed by atoms with Crippen LogP contribution in [0, 0.1) is 11.3 Å². The van der Waals surface area contributed by atoms with Crippen molar-refractivity contribution in [3.63, 3.8) is 0 Å². The zero-order chi connectivity index (χ0) is 21.9. The van der Waals surface area contributed by atoms with Crippen molar-refractivity contribution in [2.24, 2.45) is 11.3 Å². The highest BCUT2D eigenvalue weighted by molar-refractivity contribution is 8.00. The highest BCUT2D eigenvalue weighted by Crippen LogP contribution is 2.44. The number of carbonyl (C=O) groups is 2. The molecule has 1 atom stereocenters. The van der Waals surface area contributed by atoms with Crippen molar-refractivity contribution >= 4 is 23.6 Å². The summed E-state index contributed by atoms with van der Waals surface area (Å²) in [6, 6.07) is 7.35. The molecule has 2 saturated heterocycles. The molecule has 0 bridgehead atoms. The van der Waals surface area contributed by atoms with Gasteiger partial charge in [0.05, 0.1) is 12.0 Å². The third kappa shape index (κ3) is 5.32. The van der Waals surface area contributed by atoms with Crippen molar-refractivity contribution in [2.75, 3.05) is 32.5 Å². The van der Waals surface area contributed by atoms with Gasteiger partial charge in [0.1, 0.15) is 5.75 Å². The second-order valence-corrected chi connectivity index (χ2v) is 11.4. The van der Waals surface area contributed by atoms with E-state index in [1.807, 2.05) is 45.8 Å². The van der Waals surface area contributed by atoms with Crippen LogP contribution < -0.4 is 4.74 Å². The molecule has 1 aromatic rings. The van der Waals surface area contributed by atoms with Crippen molar-refractivity contribution in [3.05, 3.63) is 29.8 Å². The summed E-state index contributed by atoms with van der Waals surface area (Å²) in [4.78, 5) is 29.9. The Labute approximate surface area is 185 Å². The number of carbonyl (C=O) groups excluding carboxylic acids is 2. The number of benzene rings is 1. The van der Waals surface area contributed by atoms with Gasteiger partial charge in [-0.05, 0) is 54.9 Å². The van der Waals surface area contributed by atoms with Gasteiger partial charge in [0.2, 0.25) is 5.91 Å². The number of methoxy groups -OCH3 is 1. The normalized spacial score (nSPS) is 19.8. The third-order valence-corrected chi connectivity index (χ3v) is 7.69. The van der Waals surface area contributed by atoms with E-state index < -0.39 is 0 Å². The number of piperidine rings is 1. The molecule has 2 fully saturated rings. The van der Waals surface area contributed by atoms with Gasteiger partial charge >= 0.3 is 0 Å². The van der Waals surface area contributed by atoms with E-state index in [9.17, 15) is 9.59 Å². The van der Waals surface area contributed by atoms with Crippen LogP contribution in [-0.4, -0.2) is 59.0 Å². The Bertz CT molecular complexity index is 749. The minimum absolute atomic E-state index is 0.0845. The summed E-state index contributed by atoms with van der Waals surface area (Å²) in [5.41, 5.74) is 0.946. The molecule has 0 radical (unpaired) electrons. The van der Waals surface area contributed by atoms with Gasteiger partial charge in [0.15, 0.2) is 0 Å². The van der Waals surface area contributed by atoms with Crippen LogP contribution in [-0.2, 0) is 4.79 Å². The summed E-state index contributed by atoms with van der Waals surface area (Å²) >= 11 is 1.88. The fourth-order valence-electron chi connectivity index (χ4n) is 4.85. The van der Waals surface area contributed by atoms with E-state index in [2.05, 4.69) is 27.7 Å². The zero-order valence-electron chi connectivity index (χ0n) is 19.1. The third-order valence-electron chi connectivity index (χ3n) is 6.14. The first-order valence-electron chi connectivity index (χ1n) is 11.0. The van der Waals surface area contributed by atoms with Crippen LogP contribution in [0.15, 0.2) is 24.3 Å². The molecule has 1 spiro atoms. The Balaban J connectivity index is 1.60. The quantitative estimate of drug-likeness (QED) is 0.679. The topological polar surface area (TPSA) is 49.9 Å². The average molecular weight is 433 g/mol. The molecule has 6 heteroatoms. The SMILES string of the molecule is COc1ccc(C(=O)N2CCSC23CCN(C(=O)C[C@@H](C)CC(C)(C)C)CC3)cc1. The van der Waals surface area contributed by atoms with E-state index in [-0.39, 0.29) is 22.1 Å². The van der Waals surface area contributed by atoms with E-state index in [0.29, 0.717) is 17.9 Å². The Morgan fingerprint density at radius 2 is 1.77 bits per heavy atom. The Kier molecular flexibility index (Phi) is 7.05. The van der Waals surface area contributed by atoms with E-state index in [1.165, 1.54) is 0 Å². The number of hydrogen-bond acceptors (Lipinski definition) is 4. The van der Waals surface area contributed by atoms with E-state index in [4.69, 9.17) is 4.74 Å². The van der Waals surface area contributed by atoms with Crippen molar-refractivity contribution in [3.8, 4) is 5.75 Å². The van der Waals surface area contributed by atoms with Crippen LogP contribution in [0.2, 0.25) is 0 Å². The lowest BCUT2D eigenvalue weighted by molar-refractivity contribution is -0.133. The second-order valence-electron chi connectivity index (χ2n) is 9.93. The molecule has 30 heavy (non-hydrogen) atoms. The largest absolute Gasteiger partial charge is 0.497 e. The van der Waals surface area contributed by atoms with Gasteiger partial charge in [-0.2, -0.15) is 0 Å². The number of likely N-dealkylation sites (tertiary alicyclic amines) is 1. The van der Waals surface area contributed by atoms with Crippen LogP contribution in [0.1, 0.15) is 63.7 Å². The number of nitrogens with zero attached hydrogens (tertiary/aromatic N) is 2. The van der Waals surface area contributed by atoms with Gasteiger partial charge in [0.25, 0.3) is 5.91 Å². The van der Waals surface area contributed by atoms with Crippen LogP contribution in [0.3, 0.4) is 0 Å². The van der Waals surface area contributed by atoms with Gasteiger partial charge < -0.3 is 14.5 Å². The van der Waals surface area contributed by atoms with Gasteiger partial charge in [-0.1, -0.05) is 27.7 Å². The van der Waals surface area contributed by atoms with Gasteiger partial charge in [-0.3, -0.25) is 9.59 Å². The number of thioether (sulfide) groups is 1. The summed E-state index contributed by atoms with van der Waals surface area (Å²) in [5, 5.41) is 0. The van der Waals surface area contributed by atoms with E-state index >= 15 is 0 Å². The molecular formula is C24H36N2O3S. The summed E-state index contributed by atoms with van der Waals surface area (Å²) in [5.74, 6) is 2.45. The number of amides is 2. The first kappa shape index (κ1) is 23.0. The van der Waals surface area contributed by atoms with Crippen molar-refractivity contribution < 1.29 is 14.3 Å². The maximum Gasteiger partial charge on any atom is 0.255 e. The molecule has 0 N–H and O–H groups in total. The van der Waals surface area contributed by atoms with Crippen molar-refractivity contribution in [2.45, 2.75) is 58.2 Å². The standard InChI is InChI=1S/C24H36N2O3S/c1-18(17-23(2,3)4)16-21(27)25-12-10-24(11-13-25)26(14-15-30-24)22(28)19-6-8-20(29-5)9-7-19/h6-9,18H,10-17H2,1-5H3/t18-/m1/s1. The summed E-state index contributed by atoms with van der Waals surface area (Å²) in [6.45, 7) is 11.1. The first-order chi connectivity index (χ1) is 14.1. The highest BCUT2D eigenvalue weighted by atomic mass is 32.2. The van der Waals surface area contributed by atoms with Crippen LogP contribution in [0.4, 0.5) is 0 Å². The zero-order valence-corrected chi connectivity index (χ0v) is 19.9. The molecule has 0 unspecified atom stereocenters. The highest BCUT2D eigenvalue weighted by Gasteiger charge is 2.47. The molecule has 5 nitrogen and oxygen atoms in total. The average Bonchev–Trinajstić information content (AvgIpc) is 3.09. The maximum absolute atomic E-state index is 13.2. The lowest BCUT2D eigenvalue weighted by atomic mass is 9.84. The van der Waals surface area contributed by atoms with Crippen molar-refractivity contribution in [1.29, 1.82) is 0 Å².